The third kappa shape index (κ3) is 6.36. The molecule has 0 radical (unpaired) electrons. The maximum Gasteiger partial charge on any atom is 0.230 e. The van der Waals surface area contributed by atoms with Crippen LogP contribution in [0.1, 0.15) is 11.1 Å². The lowest BCUT2D eigenvalue weighted by Crippen LogP contribution is -2.27. The third-order valence-corrected chi connectivity index (χ3v) is 6.85. The zero-order chi connectivity index (χ0) is 24.8. The Morgan fingerprint density at radius 3 is 2.46 bits per heavy atom. The average Bonchev–Trinajstić information content (AvgIpc) is 3.28. The maximum atomic E-state index is 12.5. The van der Waals surface area contributed by atoms with E-state index in [1.54, 1.807) is 19.2 Å². The minimum atomic E-state index is -0.0961. The number of rotatable bonds is 9. The lowest BCUT2D eigenvalue weighted by molar-refractivity contribution is -0.118. The van der Waals surface area contributed by atoms with E-state index in [2.05, 4.69) is 15.5 Å². The van der Waals surface area contributed by atoms with Crippen molar-refractivity contribution in [1.82, 2.24) is 20.1 Å². The second kappa shape index (κ2) is 11.6. The number of amides is 1. The summed E-state index contributed by atoms with van der Waals surface area (Å²) >= 11 is 13.5. The lowest BCUT2D eigenvalue weighted by atomic mass is 10.1. The number of carbonyl (C=O) groups is 1. The fraction of sp³-hybridized carbons (Fsp3) is 0.192. The van der Waals surface area contributed by atoms with Gasteiger partial charge < -0.3 is 10.1 Å². The highest BCUT2D eigenvalue weighted by Crippen LogP contribution is 2.29. The van der Waals surface area contributed by atoms with Crippen molar-refractivity contribution in [3.63, 3.8) is 0 Å². The van der Waals surface area contributed by atoms with Crippen LogP contribution in [0.2, 0.25) is 10.0 Å². The van der Waals surface area contributed by atoms with Crippen molar-refractivity contribution in [3.05, 3.63) is 87.9 Å². The van der Waals surface area contributed by atoms with Crippen molar-refractivity contribution in [1.29, 1.82) is 0 Å². The molecule has 35 heavy (non-hydrogen) atoms. The topological polar surface area (TPSA) is 69.0 Å². The molecule has 180 valence electrons. The van der Waals surface area contributed by atoms with E-state index in [0.717, 1.165) is 28.1 Å². The summed E-state index contributed by atoms with van der Waals surface area (Å²) in [7, 11) is 1.63. The second-order valence-electron chi connectivity index (χ2n) is 7.83. The van der Waals surface area contributed by atoms with E-state index in [1.165, 1.54) is 11.8 Å². The van der Waals surface area contributed by atoms with Crippen molar-refractivity contribution >= 4 is 40.9 Å². The van der Waals surface area contributed by atoms with Crippen LogP contribution in [-0.4, -0.2) is 40.1 Å². The monoisotopic (exact) mass is 526 g/mol. The van der Waals surface area contributed by atoms with Gasteiger partial charge >= 0.3 is 0 Å². The van der Waals surface area contributed by atoms with E-state index >= 15 is 0 Å². The van der Waals surface area contributed by atoms with Crippen LogP contribution in [-0.2, 0) is 11.2 Å². The highest BCUT2D eigenvalue weighted by molar-refractivity contribution is 7.99. The van der Waals surface area contributed by atoms with Crippen molar-refractivity contribution in [3.8, 4) is 22.8 Å². The van der Waals surface area contributed by atoms with E-state index in [1.807, 2.05) is 66.1 Å². The van der Waals surface area contributed by atoms with Crippen LogP contribution in [0.4, 0.5) is 0 Å². The van der Waals surface area contributed by atoms with Gasteiger partial charge in [0.2, 0.25) is 5.91 Å². The third-order valence-electron chi connectivity index (χ3n) is 5.34. The molecule has 1 aromatic heterocycles. The Morgan fingerprint density at radius 1 is 1.03 bits per heavy atom. The van der Waals surface area contributed by atoms with E-state index in [0.29, 0.717) is 34.0 Å². The van der Waals surface area contributed by atoms with E-state index in [9.17, 15) is 4.79 Å². The molecule has 0 fully saturated rings. The smallest absolute Gasteiger partial charge is 0.230 e. The molecule has 0 saturated carbocycles. The molecule has 6 nitrogen and oxygen atoms in total. The summed E-state index contributed by atoms with van der Waals surface area (Å²) in [6, 6.07) is 21.1. The SMILES string of the molecule is COc1ccc(-n2c(SCC(=O)NCCc3ccc(Cl)cc3Cl)nnc2-c2ccc(C)cc2)cc1. The largest absolute Gasteiger partial charge is 0.497 e. The van der Waals surface area contributed by atoms with Gasteiger partial charge in [-0.15, -0.1) is 10.2 Å². The van der Waals surface area contributed by atoms with Gasteiger partial charge in [-0.3, -0.25) is 9.36 Å². The fourth-order valence-electron chi connectivity index (χ4n) is 3.46. The summed E-state index contributed by atoms with van der Waals surface area (Å²) in [5.41, 5.74) is 3.92. The number of aromatic nitrogens is 3. The number of halogens is 2. The summed E-state index contributed by atoms with van der Waals surface area (Å²) < 4.78 is 7.25. The number of hydrogen-bond donors (Lipinski definition) is 1. The van der Waals surface area contributed by atoms with Crippen molar-refractivity contribution < 1.29 is 9.53 Å². The highest BCUT2D eigenvalue weighted by Gasteiger charge is 2.17. The minimum absolute atomic E-state index is 0.0961. The van der Waals surface area contributed by atoms with E-state index in [-0.39, 0.29) is 11.7 Å². The van der Waals surface area contributed by atoms with Gasteiger partial charge in [0.1, 0.15) is 5.75 Å². The van der Waals surface area contributed by atoms with Crippen LogP contribution >= 0.6 is 35.0 Å². The van der Waals surface area contributed by atoms with Gasteiger partial charge in [0, 0.05) is 27.8 Å². The van der Waals surface area contributed by atoms with Gasteiger partial charge in [-0.25, -0.2) is 0 Å². The molecule has 9 heteroatoms. The summed E-state index contributed by atoms with van der Waals surface area (Å²) in [5, 5.41) is 13.6. The molecular formula is C26H24Cl2N4O2S. The maximum absolute atomic E-state index is 12.5. The van der Waals surface area contributed by atoms with Crippen LogP contribution in [0, 0.1) is 6.92 Å². The molecule has 3 aromatic carbocycles. The van der Waals surface area contributed by atoms with E-state index < -0.39 is 0 Å². The van der Waals surface area contributed by atoms with Crippen molar-refractivity contribution in [2.45, 2.75) is 18.5 Å². The predicted molar refractivity (Wildman–Crippen MR) is 142 cm³/mol. The summed E-state index contributed by atoms with van der Waals surface area (Å²) in [4.78, 5) is 12.5. The molecule has 1 amide bonds. The number of aryl methyl sites for hydroxylation is 1. The van der Waals surface area contributed by atoms with Crippen LogP contribution < -0.4 is 10.1 Å². The Labute approximate surface area is 218 Å². The standard InChI is InChI=1S/C26H24Cl2N4O2S/c1-17-3-5-19(6-4-17)25-30-31-26(32(25)21-9-11-22(34-2)12-10-21)35-16-24(33)29-14-13-18-7-8-20(27)15-23(18)28/h3-12,15H,13-14,16H2,1-2H3,(H,29,33). The average molecular weight is 527 g/mol. The Morgan fingerprint density at radius 2 is 1.77 bits per heavy atom. The second-order valence-corrected chi connectivity index (χ2v) is 9.62. The Bertz CT molecular complexity index is 1310. The predicted octanol–water partition coefficient (Wildman–Crippen LogP) is 6.01. The van der Waals surface area contributed by atoms with Gasteiger partial charge in [-0.2, -0.15) is 0 Å². The molecule has 1 N–H and O–H groups in total. The fourth-order valence-corrected chi connectivity index (χ4v) is 4.74. The molecule has 0 unspecified atom stereocenters. The molecule has 0 aliphatic heterocycles. The van der Waals surface area contributed by atoms with Gasteiger partial charge in [0.25, 0.3) is 0 Å². The molecule has 1 heterocycles. The zero-order valence-electron chi connectivity index (χ0n) is 19.3. The van der Waals surface area contributed by atoms with Gasteiger partial charge in [0.05, 0.1) is 12.9 Å². The molecule has 0 saturated heterocycles. The number of thioether (sulfide) groups is 1. The number of benzene rings is 3. The summed E-state index contributed by atoms with van der Waals surface area (Å²) in [6.45, 7) is 2.51. The van der Waals surface area contributed by atoms with Crippen molar-refractivity contribution in [2.24, 2.45) is 0 Å². The first-order valence-electron chi connectivity index (χ1n) is 10.9. The molecule has 0 aliphatic rings. The number of ether oxygens (including phenoxy) is 1. The van der Waals surface area contributed by atoms with Crippen LogP contribution in [0.3, 0.4) is 0 Å². The molecule has 4 rings (SSSR count). The highest BCUT2D eigenvalue weighted by atomic mass is 35.5. The number of carbonyl (C=O) groups excluding carboxylic acids is 1. The molecule has 0 atom stereocenters. The normalized spacial score (nSPS) is 10.9. The van der Waals surface area contributed by atoms with Crippen LogP contribution in [0.15, 0.2) is 71.9 Å². The zero-order valence-corrected chi connectivity index (χ0v) is 21.6. The number of methoxy groups -OCH3 is 1. The molecular weight excluding hydrogens is 503 g/mol. The van der Waals surface area contributed by atoms with Gasteiger partial charge in [-0.05, 0) is 55.3 Å². The Kier molecular flexibility index (Phi) is 8.33. The van der Waals surface area contributed by atoms with E-state index in [4.69, 9.17) is 27.9 Å². The van der Waals surface area contributed by atoms with Gasteiger partial charge in [0.15, 0.2) is 11.0 Å². The first-order valence-corrected chi connectivity index (χ1v) is 12.7. The number of nitrogens with zero attached hydrogens (tertiary/aromatic N) is 3. The van der Waals surface area contributed by atoms with Crippen LogP contribution in [0.25, 0.3) is 17.1 Å². The quantitative estimate of drug-likeness (QED) is 0.270. The molecule has 0 bridgehead atoms. The van der Waals surface area contributed by atoms with Crippen molar-refractivity contribution in [2.75, 3.05) is 19.4 Å². The van der Waals surface area contributed by atoms with Crippen LogP contribution in [0.5, 0.6) is 5.75 Å². The molecule has 4 aromatic rings. The lowest BCUT2D eigenvalue weighted by Gasteiger charge is -2.11. The summed E-state index contributed by atoms with van der Waals surface area (Å²) in [5.74, 6) is 1.57. The first kappa shape index (κ1) is 25.1. The van der Waals surface area contributed by atoms with Gasteiger partial charge in [-0.1, -0.05) is 70.9 Å². The Hall–Kier alpha value is -3.00. The first-order chi connectivity index (χ1) is 16.9. The Balaban J connectivity index is 1.47. The number of nitrogens with one attached hydrogen (secondary N) is 1. The minimum Gasteiger partial charge on any atom is -0.497 e. The molecule has 0 aliphatic carbocycles. The number of hydrogen-bond acceptors (Lipinski definition) is 5. The summed E-state index contributed by atoms with van der Waals surface area (Å²) in [6.07, 6.45) is 0.617. The molecule has 0 spiro atoms.